The largest absolute Gasteiger partial charge is 0.504 e. The Morgan fingerprint density at radius 3 is 2.00 bits per heavy atom. The zero-order valence-electron chi connectivity index (χ0n) is 12.1. The highest BCUT2D eigenvalue weighted by Gasteiger charge is 2.13. The summed E-state index contributed by atoms with van der Waals surface area (Å²) in [6.07, 6.45) is 0. The van der Waals surface area contributed by atoms with Crippen molar-refractivity contribution in [3.8, 4) is 17.2 Å². The van der Waals surface area contributed by atoms with Gasteiger partial charge in [-0.25, -0.2) is 0 Å². The number of rotatable bonds is 3. The number of phenolic OH excluding ortho intramolecular Hbond substituents is 3. The summed E-state index contributed by atoms with van der Waals surface area (Å²) in [5.74, 6) is -0.904. The van der Waals surface area contributed by atoms with Crippen molar-refractivity contribution in [2.45, 2.75) is 0 Å². The number of nitrogens with zero attached hydrogens (tertiary/aromatic N) is 3. The molecule has 120 valence electrons. The van der Waals surface area contributed by atoms with Crippen LogP contribution in [0.25, 0.3) is 10.8 Å². The summed E-state index contributed by atoms with van der Waals surface area (Å²) in [6, 6.07) is 11.5. The van der Waals surface area contributed by atoms with Gasteiger partial charge in [0.1, 0.15) is 0 Å². The number of phenols is 3. The van der Waals surface area contributed by atoms with Crippen LogP contribution >= 0.6 is 0 Å². The number of benzene rings is 3. The number of hydrogen-bond donors (Lipinski definition) is 3. The lowest BCUT2D eigenvalue weighted by Crippen LogP contribution is -1.87. The number of azo groups is 1. The minimum Gasteiger partial charge on any atom is -0.504 e. The molecule has 0 amide bonds. The molecule has 3 aromatic rings. The molecule has 0 bridgehead atoms. The van der Waals surface area contributed by atoms with Gasteiger partial charge in [0.2, 0.25) is 0 Å². The Hall–Kier alpha value is -3.68. The number of hydrogen-bond acceptors (Lipinski definition) is 7. The van der Waals surface area contributed by atoms with Crippen LogP contribution in [-0.2, 0) is 0 Å². The molecule has 0 aromatic heterocycles. The van der Waals surface area contributed by atoms with Crippen LogP contribution < -0.4 is 0 Å². The molecule has 3 rings (SSSR count). The van der Waals surface area contributed by atoms with Gasteiger partial charge in [0.15, 0.2) is 17.2 Å². The molecule has 0 unspecified atom stereocenters. The fourth-order valence-electron chi connectivity index (χ4n) is 2.16. The second-order valence-corrected chi connectivity index (χ2v) is 5.00. The second kappa shape index (κ2) is 5.84. The van der Waals surface area contributed by atoms with Crippen molar-refractivity contribution in [2.24, 2.45) is 10.2 Å². The van der Waals surface area contributed by atoms with Gasteiger partial charge >= 0.3 is 5.69 Å². The standard InChI is InChI=1S/C16H11N3O5/c20-14-4-3-12(8-13(14)19(23)24)18-17-11-2-1-9-6-15(21)16(22)7-10(9)5-11/h1-8,20-22H. The van der Waals surface area contributed by atoms with Crippen molar-refractivity contribution in [2.75, 3.05) is 0 Å². The van der Waals surface area contributed by atoms with Crippen LogP contribution in [0.1, 0.15) is 0 Å². The third-order valence-electron chi connectivity index (χ3n) is 3.35. The minimum absolute atomic E-state index is 0.215. The molecule has 24 heavy (non-hydrogen) atoms. The van der Waals surface area contributed by atoms with Gasteiger partial charge in [-0.3, -0.25) is 10.1 Å². The van der Waals surface area contributed by atoms with E-state index in [4.69, 9.17) is 0 Å². The van der Waals surface area contributed by atoms with Gasteiger partial charge < -0.3 is 15.3 Å². The van der Waals surface area contributed by atoms with Crippen LogP contribution in [-0.4, -0.2) is 20.2 Å². The first-order chi connectivity index (χ1) is 11.4. The van der Waals surface area contributed by atoms with Crippen molar-refractivity contribution >= 4 is 27.8 Å². The number of aromatic hydroxyl groups is 3. The fourth-order valence-corrected chi connectivity index (χ4v) is 2.16. The van der Waals surface area contributed by atoms with E-state index in [9.17, 15) is 25.4 Å². The Morgan fingerprint density at radius 2 is 1.33 bits per heavy atom. The van der Waals surface area contributed by atoms with Gasteiger partial charge in [-0.05, 0) is 47.2 Å². The predicted octanol–water partition coefficient (Wildman–Crippen LogP) is 4.28. The summed E-state index contributed by atoms with van der Waals surface area (Å²) in [6.45, 7) is 0. The summed E-state index contributed by atoms with van der Waals surface area (Å²) >= 11 is 0. The molecule has 0 spiro atoms. The molecule has 0 heterocycles. The molecule has 0 radical (unpaired) electrons. The molecule has 3 N–H and O–H groups in total. The molecule has 0 atom stereocenters. The van der Waals surface area contributed by atoms with E-state index >= 15 is 0 Å². The average Bonchev–Trinajstić information content (AvgIpc) is 2.55. The van der Waals surface area contributed by atoms with E-state index in [0.29, 0.717) is 16.5 Å². The zero-order valence-corrected chi connectivity index (χ0v) is 12.1. The lowest BCUT2D eigenvalue weighted by atomic mass is 10.1. The van der Waals surface area contributed by atoms with Crippen molar-refractivity contribution in [1.82, 2.24) is 0 Å². The van der Waals surface area contributed by atoms with E-state index in [-0.39, 0.29) is 17.2 Å². The van der Waals surface area contributed by atoms with Crippen LogP contribution in [0.3, 0.4) is 0 Å². The summed E-state index contributed by atoms with van der Waals surface area (Å²) < 4.78 is 0. The van der Waals surface area contributed by atoms with E-state index in [0.717, 1.165) is 6.07 Å². The topological polar surface area (TPSA) is 129 Å². The van der Waals surface area contributed by atoms with Gasteiger partial charge in [0, 0.05) is 6.07 Å². The van der Waals surface area contributed by atoms with Crippen molar-refractivity contribution < 1.29 is 20.2 Å². The van der Waals surface area contributed by atoms with Gasteiger partial charge in [-0.15, -0.1) is 0 Å². The maximum absolute atomic E-state index is 10.8. The molecule has 3 aromatic carbocycles. The Balaban J connectivity index is 1.94. The molecular formula is C16H11N3O5. The maximum atomic E-state index is 10.8. The molecule has 0 aliphatic rings. The molecule has 0 saturated heterocycles. The molecule has 0 saturated carbocycles. The highest BCUT2D eigenvalue weighted by molar-refractivity contribution is 5.88. The van der Waals surface area contributed by atoms with Gasteiger partial charge in [0.05, 0.1) is 16.3 Å². The molecule has 8 heteroatoms. The Morgan fingerprint density at radius 1 is 0.750 bits per heavy atom. The molecule has 8 nitrogen and oxygen atoms in total. The number of nitro groups is 1. The monoisotopic (exact) mass is 325 g/mol. The first-order valence-electron chi connectivity index (χ1n) is 6.79. The maximum Gasteiger partial charge on any atom is 0.312 e. The van der Waals surface area contributed by atoms with E-state index in [1.807, 2.05) is 0 Å². The number of nitro benzene ring substituents is 1. The summed E-state index contributed by atoms with van der Waals surface area (Å²) in [5.41, 5.74) is 0.224. The quantitative estimate of drug-likeness (QED) is 0.286. The zero-order chi connectivity index (χ0) is 17.3. The van der Waals surface area contributed by atoms with Crippen molar-refractivity contribution in [1.29, 1.82) is 0 Å². The predicted molar refractivity (Wildman–Crippen MR) is 86.2 cm³/mol. The highest BCUT2D eigenvalue weighted by atomic mass is 16.6. The molecule has 0 aliphatic carbocycles. The summed E-state index contributed by atoms with van der Waals surface area (Å²) in [7, 11) is 0. The second-order valence-electron chi connectivity index (χ2n) is 5.00. The number of fused-ring (bicyclic) bond motifs is 1. The van der Waals surface area contributed by atoms with Crippen LogP contribution in [0.4, 0.5) is 17.1 Å². The molecular weight excluding hydrogens is 314 g/mol. The van der Waals surface area contributed by atoms with Crippen molar-refractivity contribution in [3.63, 3.8) is 0 Å². The van der Waals surface area contributed by atoms with Crippen LogP contribution in [0.15, 0.2) is 58.8 Å². The van der Waals surface area contributed by atoms with Gasteiger partial charge in [-0.1, -0.05) is 6.07 Å². The lowest BCUT2D eigenvalue weighted by molar-refractivity contribution is -0.385. The summed E-state index contributed by atoms with van der Waals surface area (Å²) in [4.78, 5) is 10.1. The third-order valence-corrected chi connectivity index (χ3v) is 3.35. The first-order valence-corrected chi connectivity index (χ1v) is 6.79. The molecule has 0 fully saturated rings. The van der Waals surface area contributed by atoms with Crippen LogP contribution in [0, 0.1) is 10.1 Å². The van der Waals surface area contributed by atoms with E-state index in [2.05, 4.69) is 10.2 Å². The van der Waals surface area contributed by atoms with E-state index in [1.165, 1.54) is 24.3 Å². The first kappa shape index (κ1) is 15.2. The third kappa shape index (κ3) is 2.93. The van der Waals surface area contributed by atoms with Crippen LogP contribution in [0.5, 0.6) is 17.2 Å². The fraction of sp³-hybridized carbons (Fsp3) is 0. The Bertz CT molecular complexity index is 985. The highest BCUT2D eigenvalue weighted by Crippen LogP contribution is 2.33. The van der Waals surface area contributed by atoms with E-state index < -0.39 is 16.4 Å². The Labute approximate surface area is 135 Å². The lowest BCUT2D eigenvalue weighted by Gasteiger charge is -2.02. The van der Waals surface area contributed by atoms with Crippen LogP contribution in [0.2, 0.25) is 0 Å². The smallest absolute Gasteiger partial charge is 0.312 e. The average molecular weight is 325 g/mol. The minimum atomic E-state index is -0.709. The Kier molecular flexibility index (Phi) is 3.70. The van der Waals surface area contributed by atoms with Gasteiger partial charge in [-0.2, -0.15) is 10.2 Å². The SMILES string of the molecule is O=[N+]([O-])c1cc(N=Nc2ccc3cc(O)c(O)cc3c2)ccc1O. The summed E-state index contributed by atoms with van der Waals surface area (Å²) in [5, 5.41) is 48.4. The van der Waals surface area contributed by atoms with E-state index in [1.54, 1.807) is 18.2 Å². The van der Waals surface area contributed by atoms with Crippen molar-refractivity contribution in [3.05, 3.63) is 58.6 Å². The van der Waals surface area contributed by atoms with Gasteiger partial charge in [0.25, 0.3) is 0 Å². The normalized spacial score (nSPS) is 11.2. The molecule has 0 aliphatic heterocycles.